The Balaban J connectivity index is 1.46. The van der Waals surface area contributed by atoms with Gasteiger partial charge in [-0.2, -0.15) is 0 Å². The van der Waals surface area contributed by atoms with Crippen molar-refractivity contribution >= 4 is 5.97 Å². The summed E-state index contributed by atoms with van der Waals surface area (Å²) in [5.41, 5.74) is 1.58. The Morgan fingerprint density at radius 3 is 2.52 bits per heavy atom. The highest BCUT2D eigenvalue weighted by atomic mass is 16.4. The van der Waals surface area contributed by atoms with Gasteiger partial charge in [0.05, 0.1) is 12.0 Å². The fourth-order valence-electron chi connectivity index (χ4n) is 8.76. The average molecular weight is 433 g/mol. The van der Waals surface area contributed by atoms with Gasteiger partial charge in [-0.25, -0.2) is 0 Å². The van der Waals surface area contributed by atoms with Crippen LogP contribution in [-0.4, -0.2) is 33.5 Å². The molecule has 0 spiro atoms. The van der Waals surface area contributed by atoms with Gasteiger partial charge in [0, 0.05) is 0 Å². The van der Waals surface area contributed by atoms with Gasteiger partial charge in [0.15, 0.2) is 0 Å². The van der Waals surface area contributed by atoms with Crippen LogP contribution >= 0.6 is 0 Å². The van der Waals surface area contributed by atoms with Crippen molar-refractivity contribution in [2.75, 3.05) is 0 Å². The van der Waals surface area contributed by atoms with Gasteiger partial charge >= 0.3 is 5.97 Å². The maximum atomic E-state index is 11.1. The molecule has 0 aromatic rings. The summed E-state index contributed by atoms with van der Waals surface area (Å²) in [6.07, 6.45) is 11.9. The van der Waals surface area contributed by atoms with Crippen molar-refractivity contribution < 1.29 is 20.1 Å². The minimum absolute atomic E-state index is 0.0551. The largest absolute Gasteiger partial charge is 0.481 e. The number of hydrogen-bond acceptors (Lipinski definition) is 3. The van der Waals surface area contributed by atoms with E-state index < -0.39 is 18.2 Å². The average Bonchev–Trinajstić information content (AvgIpc) is 3.08. The molecule has 0 radical (unpaired) electrons. The van der Waals surface area contributed by atoms with E-state index in [0.29, 0.717) is 29.6 Å². The minimum Gasteiger partial charge on any atom is -0.481 e. The summed E-state index contributed by atoms with van der Waals surface area (Å²) in [7, 11) is 0. The fourth-order valence-corrected chi connectivity index (χ4v) is 8.76. The molecular formula is C27H44O4. The number of hydrogen-bond donors (Lipinski definition) is 3. The molecule has 0 aliphatic heterocycles. The van der Waals surface area contributed by atoms with Gasteiger partial charge in [0.2, 0.25) is 0 Å². The van der Waals surface area contributed by atoms with E-state index in [4.69, 9.17) is 5.11 Å². The minimum atomic E-state index is -0.669. The summed E-state index contributed by atoms with van der Waals surface area (Å²) in [5, 5.41) is 30.1. The molecule has 4 aliphatic rings. The van der Waals surface area contributed by atoms with Gasteiger partial charge in [-0.1, -0.05) is 46.6 Å². The van der Waals surface area contributed by atoms with Crippen LogP contribution in [0.15, 0.2) is 11.6 Å². The first kappa shape index (κ1) is 23.3. The molecule has 10 atom stereocenters. The van der Waals surface area contributed by atoms with Gasteiger partial charge in [0.25, 0.3) is 0 Å². The number of fused-ring (bicyclic) bond motifs is 5. The summed E-state index contributed by atoms with van der Waals surface area (Å²) in [5.74, 6) is 2.60. The van der Waals surface area contributed by atoms with Crippen LogP contribution in [0.2, 0.25) is 0 Å². The van der Waals surface area contributed by atoms with Gasteiger partial charge in [-0.3, -0.25) is 4.79 Å². The summed E-state index contributed by atoms with van der Waals surface area (Å²) in [4.78, 5) is 11.1. The lowest BCUT2D eigenvalue weighted by atomic mass is 9.46. The first-order valence-corrected chi connectivity index (χ1v) is 12.9. The first-order chi connectivity index (χ1) is 14.6. The fraction of sp³-hybridized carbons (Fsp3) is 0.889. The number of carbonyl (C=O) groups is 1. The number of carboxylic acid groups (broad SMARTS) is 1. The molecule has 3 saturated carbocycles. The van der Waals surface area contributed by atoms with Crippen molar-refractivity contribution in [3.05, 3.63) is 11.6 Å². The zero-order valence-corrected chi connectivity index (χ0v) is 20.0. The first-order valence-electron chi connectivity index (χ1n) is 12.9. The smallest absolute Gasteiger partial charge is 0.306 e. The lowest BCUT2D eigenvalue weighted by Crippen LogP contribution is -2.53. The van der Waals surface area contributed by atoms with Crippen LogP contribution in [0.4, 0.5) is 0 Å². The number of aliphatic hydroxyl groups excluding tert-OH is 2. The van der Waals surface area contributed by atoms with E-state index >= 15 is 0 Å². The maximum Gasteiger partial charge on any atom is 0.306 e. The second-order valence-electron chi connectivity index (χ2n) is 12.1. The van der Waals surface area contributed by atoms with Crippen molar-refractivity contribution in [2.24, 2.45) is 46.3 Å². The molecule has 0 aromatic heterocycles. The highest BCUT2D eigenvalue weighted by molar-refractivity contribution is 5.69. The number of allylic oxidation sites excluding steroid dienone is 1. The number of rotatable bonds is 6. The zero-order valence-electron chi connectivity index (χ0n) is 20.0. The third-order valence-electron chi connectivity index (χ3n) is 10.6. The van der Waals surface area contributed by atoms with E-state index in [1.165, 1.54) is 25.7 Å². The van der Waals surface area contributed by atoms with E-state index in [9.17, 15) is 15.0 Å². The number of carboxylic acids is 1. The molecule has 4 aliphatic carbocycles. The topological polar surface area (TPSA) is 77.8 Å². The highest BCUT2D eigenvalue weighted by Crippen LogP contribution is 2.67. The highest BCUT2D eigenvalue weighted by Gasteiger charge is 2.60. The standard InChI is InChI=1S/C27H44O4/c1-16(6-5-7-17(2)25(30)31)19-10-11-20-18-8-9-22-24(29)23(28)13-15-27(22,4)21(18)12-14-26(19,20)3/h9,16-21,23-24,28-29H,5-8,10-15H2,1-4H3,(H,30,31)/t16-,17?,18+,19-,20+,21+,23+,24-,26-,27-/m1/s1. The van der Waals surface area contributed by atoms with E-state index in [1.54, 1.807) is 0 Å². The Hall–Kier alpha value is -0.870. The van der Waals surface area contributed by atoms with Crippen LogP contribution in [0, 0.1) is 46.3 Å². The third kappa shape index (κ3) is 3.80. The lowest BCUT2D eigenvalue weighted by molar-refractivity contribution is -0.141. The normalized spacial score (nSPS) is 46.3. The van der Waals surface area contributed by atoms with E-state index in [0.717, 1.165) is 49.5 Å². The van der Waals surface area contributed by atoms with Crippen molar-refractivity contribution in [2.45, 2.75) is 104 Å². The van der Waals surface area contributed by atoms with Crippen LogP contribution in [-0.2, 0) is 4.79 Å². The van der Waals surface area contributed by atoms with Crippen LogP contribution in [0.5, 0.6) is 0 Å². The van der Waals surface area contributed by atoms with Crippen LogP contribution in [0.1, 0.15) is 91.9 Å². The zero-order chi connectivity index (χ0) is 22.6. The molecule has 4 nitrogen and oxygen atoms in total. The summed E-state index contributed by atoms with van der Waals surface area (Å²) >= 11 is 0. The number of aliphatic carboxylic acids is 1. The van der Waals surface area contributed by atoms with E-state index in [-0.39, 0.29) is 11.3 Å². The Morgan fingerprint density at radius 1 is 1.06 bits per heavy atom. The van der Waals surface area contributed by atoms with E-state index in [1.807, 2.05) is 6.92 Å². The predicted molar refractivity (Wildman–Crippen MR) is 122 cm³/mol. The Morgan fingerprint density at radius 2 is 1.81 bits per heavy atom. The van der Waals surface area contributed by atoms with Crippen molar-refractivity contribution in [1.29, 1.82) is 0 Å². The Labute approximate surface area is 188 Å². The molecular weight excluding hydrogens is 388 g/mol. The van der Waals surface area contributed by atoms with Crippen LogP contribution in [0.25, 0.3) is 0 Å². The molecule has 3 N–H and O–H groups in total. The lowest BCUT2D eigenvalue weighted by Gasteiger charge is -2.59. The number of aliphatic hydroxyl groups is 2. The molecule has 0 heterocycles. The molecule has 4 rings (SSSR count). The molecule has 4 heteroatoms. The Bertz CT molecular complexity index is 716. The predicted octanol–water partition coefficient (Wildman–Crippen LogP) is 5.42. The molecule has 1 unspecified atom stereocenters. The third-order valence-corrected chi connectivity index (χ3v) is 10.6. The van der Waals surface area contributed by atoms with Gasteiger partial charge in [-0.05, 0) is 97.4 Å². The summed E-state index contributed by atoms with van der Waals surface area (Å²) in [6, 6.07) is 0. The van der Waals surface area contributed by atoms with Crippen LogP contribution < -0.4 is 0 Å². The quantitative estimate of drug-likeness (QED) is 0.490. The molecule has 3 fully saturated rings. The summed E-state index contributed by atoms with van der Waals surface area (Å²) in [6.45, 7) is 9.16. The molecule has 0 amide bonds. The Kier molecular flexibility index (Phi) is 6.37. The SMILES string of the molecule is CC(CCC[C@@H](C)[C@H]1CC[C@H]2[C@@H]3CC=C4[C@@H](O)[C@@H](O)CC[C@]4(C)[C@H]3CC[C@]12C)C(=O)O. The molecule has 31 heavy (non-hydrogen) atoms. The second-order valence-corrected chi connectivity index (χ2v) is 12.1. The molecule has 0 aromatic carbocycles. The van der Waals surface area contributed by atoms with Crippen molar-refractivity contribution in [1.82, 2.24) is 0 Å². The monoisotopic (exact) mass is 432 g/mol. The molecule has 176 valence electrons. The second kappa shape index (κ2) is 8.48. The van der Waals surface area contributed by atoms with Gasteiger partial charge < -0.3 is 15.3 Å². The maximum absolute atomic E-state index is 11.1. The molecule has 0 saturated heterocycles. The summed E-state index contributed by atoms with van der Waals surface area (Å²) < 4.78 is 0. The van der Waals surface area contributed by atoms with Crippen LogP contribution in [0.3, 0.4) is 0 Å². The molecule has 0 bridgehead atoms. The van der Waals surface area contributed by atoms with E-state index in [2.05, 4.69) is 26.8 Å². The van der Waals surface area contributed by atoms with Crippen molar-refractivity contribution in [3.8, 4) is 0 Å². The van der Waals surface area contributed by atoms with Gasteiger partial charge in [-0.15, -0.1) is 0 Å². The van der Waals surface area contributed by atoms with Crippen molar-refractivity contribution in [3.63, 3.8) is 0 Å². The van der Waals surface area contributed by atoms with Gasteiger partial charge in [0.1, 0.15) is 6.10 Å².